The first-order valence-electron chi connectivity index (χ1n) is 12.9. The zero-order valence-electron chi connectivity index (χ0n) is 20.8. The summed E-state index contributed by atoms with van der Waals surface area (Å²) in [6.07, 6.45) is 4.89. The van der Waals surface area contributed by atoms with E-state index in [1.165, 1.54) is 31.1 Å². The van der Waals surface area contributed by atoms with Gasteiger partial charge in [-0.05, 0) is 50.6 Å². The lowest BCUT2D eigenvalue weighted by Crippen LogP contribution is -2.36. The minimum absolute atomic E-state index is 0.0162. The standard InChI is InChI=1S/C27H30N6O3S/c1-17(34)30-18-9-14-32(16-18)20-8-10-28-25-22(20)24(35)23(26(36)29-11-15-31-12-4-5-13-31)27-33(25)19-6-2-3-7-21(19)37-27/h2-3,6-8,10,18H,4-5,9,11-16H2,1H3,(H,29,36)(H,30,34). The molecule has 1 unspecified atom stereocenters. The van der Waals surface area contributed by atoms with Crippen LogP contribution in [-0.2, 0) is 4.79 Å². The van der Waals surface area contributed by atoms with E-state index in [0.29, 0.717) is 35.5 Å². The van der Waals surface area contributed by atoms with E-state index in [4.69, 9.17) is 0 Å². The molecule has 10 heteroatoms. The predicted molar refractivity (Wildman–Crippen MR) is 147 cm³/mol. The maximum atomic E-state index is 14.1. The molecule has 2 aliphatic rings. The number of thiazole rings is 1. The van der Waals surface area contributed by atoms with Crippen LogP contribution in [0.4, 0.5) is 5.69 Å². The fourth-order valence-electron chi connectivity index (χ4n) is 5.68. The van der Waals surface area contributed by atoms with E-state index in [0.717, 1.165) is 42.0 Å². The molecule has 1 aromatic carbocycles. The predicted octanol–water partition coefficient (Wildman–Crippen LogP) is 2.60. The van der Waals surface area contributed by atoms with Gasteiger partial charge in [-0.2, -0.15) is 0 Å². The molecule has 2 fully saturated rings. The highest BCUT2D eigenvalue weighted by Crippen LogP contribution is 2.34. The molecule has 0 aliphatic carbocycles. The highest BCUT2D eigenvalue weighted by atomic mass is 32.1. The van der Waals surface area contributed by atoms with Crippen LogP contribution >= 0.6 is 11.3 Å². The third-order valence-corrected chi connectivity index (χ3v) is 8.53. The molecule has 3 aromatic heterocycles. The van der Waals surface area contributed by atoms with Gasteiger partial charge in [0.15, 0.2) is 5.65 Å². The number of pyridine rings is 2. The number of amides is 2. The van der Waals surface area contributed by atoms with Crippen molar-refractivity contribution in [2.75, 3.05) is 44.2 Å². The lowest BCUT2D eigenvalue weighted by molar-refractivity contribution is -0.119. The van der Waals surface area contributed by atoms with Crippen LogP contribution in [-0.4, -0.2) is 71.4 Å². The van der Waals surface area contributed by atoms with Gasteiger partial charge in [0.1, 0.15) is 10.4 Å². The Morgan fingerprint density at radius 3 is 2.76 bits per heavy atom. The maximum Gasteiger partial charge on any atom is 0.258 e. The number of nitrogens with zero attached hydrogens (tertiary/aromatic N) is 4. The molecule has 37 heavy (non-hydrogen) atoms. The number of carbonyl (C=O) groups is 2. The zero-order chi connectivity index (χ0) is 25.5. The van der Waals surface area contributed by atoms with Crippen LogP contribution in [0.15, 0.2) is 41.3 Å². The van der Waals surface area contributed by atoms with Gasteiger partial charge in [0.2, 0.25) is 11.3 Å². The van der Waals surface area contributed by atoms with Gasteiger partial charge >= 0.3 is 0 Å². The number of hydrogen-bond acceptors (Lipinski definition) is 7. The van der Waals surface area contributed by atoms with Crippen molar-refractivity contribution in [1.82, 2.24) is 24.9 Å². The topological polar surface area (TPSA) is 99.0 Å². The smallest absolute Gasteiger partial charge is 0.258 e. The Kier molecular flexibility index (Phi) is 6.29. The van der Waals surface area contributed by atoms with Crippen molar-refractivity contribution >= 4 is 54.9 Å². The van der Waals surface area contributed by atoms with Gasteiger partial charge in [-0.15, -0.1) is 11.3 Å². The summed E-state index contributed by atoms with van der Waals surface area (Å²) in [6, 6.07) is 9.77. The Labute approximate surface area is 218 Å². The van der Waals surface area contributed by atoms with Crippen molar-refractivity contribution in [3.8, 4) is 0 Å². The molecule has 2 N–H and O–H groups in total. The van der Waals surface area contributed by atoms with Gasteiger partial charge in [-0.1, -0.05) is 12.1 Å². The van der Waals surface area contributed by atoms with Crippen molar-refractivity contribution in [2.45, 2.75) is 32.2 Å². The molecule has 192 valence electrons. The molecule has 2 saturated heterocycles. The van der Waals surface area contributed by atoms with E-state index in [2.05, 4.69) is 25.4 Å². The summed E-state index contributed by atoms with van der Waals surface area (Å²) in [6.45, 7) is 6.21. The van der Waals surface area contributed by atoms with Crippen molar-refractivity contribution in [1.29, 1.82) is 0 Å². The van der Waals surface area contributed by atoms with Gasteiger partial charge in [-0.3, -0.25) is 18.8 Å². The van der Waals surface area contributed by atoms with Gasteiger partial charge in [0.05, 0.1) is 21.3 Å². The van der Waals surface area contributed by atoms with Crippen LogP contribution in [0.2, 0.25) is 0 Å². The summed E-state index contributed by atoms with van der Waals surface area (Å²) in [5.74, 6) is -0.409. The highest BCUT2D eigenvalue weighted by molar-refractivity contribution is 7.24. The first-order chi connectivity index (χ1) is 18.0. The third-order valence-electron chi connectivity index (χ3n) is 7.38. The quantitative estimate of drug-likeness (QED) is 0.407. The Morgan fingerprint density at radius 2 is 1.95 bits per heavy atom. The fraction of sp³-hybridized carbons (Fsp3) is 0.407. The molecule has 4 aromatic rings. The summed E-state index contributed by atoms with van der Waals surface area (Å²) in [7, 11) is 0. The first kappa shape index (κ1) is 23.9. The summed E-state index contributed by atoms with van der Waals surface area (Å²) in [5.41, 5.74) is 2.08. The average molecular weight is 519 g/mol. The molecule has 5 heterocycles. The number of anilines is 1. The Bertz CT molecular complexity index is 1570. The van der Waals surface area contributed by atoms with E-state index in [9.17, 15) is 14.4 Å². The monoisotopic (exact) mass is 518 g/mol. The number of nitrogens with one attached hydrogen (secondary N) is 2. The lowest BCUT2D eigenvalue weighted by atomic mass is 10.1. The Balaban J connectivity index is 1.47. The number of rotatable bonds is 6. The van der Waals surface area contributed by atoms with Crippen LogP contribution in [0.1, 0.15) is 36.5 Å². The van der Waals surface area contributed by atoms with E-state index < -0.39 is 0 Å². The van der Waals surface area contributed by atoms with Crippen molar-refractivity contribution in [2.24, 2.45) is 0 Å². The molecule has 2 amide bonds. The van der Waals surface area contributed by atoms with Crippen LogP contribution in [0.3, 0.4) is 0 Å². The van der Waals surface area contributed by atoms with E-state index in [1.807, 2.05) is 34.7 Å². The number of fused-ring (bicyclic) bond motifs is 5. The van der Waals surface area contributed by atoms with Crippen molar-refractivity contribution < 1.29 is 9.59 Å². The number of carbonyl (C=O) groups excluding carboxylic acids is 2. The van der Waals surface area contributed by atoms with Crippen molar-refractivity contribution in [3.05, 3.63) is 52.3 Å². The number of likely N-dealkylation sites (tertiary alicyclic amines) is 1. The molecular formula is C27H30N6O3S. The van der Waals surface area contributed by atoms with Gasteiger partial charge in [0.25, 0.3) is 5.91 Å². The van der Waals surface area contributed by atoms with Gasteiger partial charge in [0, 0.05) is 45.3 Å². The molecule has 9 nitrogen and oxygen atoms in total. The number of hydrogen-bond donors (Lipinski definition) is 2. The van der Waals surface area contributed by atoms with Crippen molar-refractivity contribution in [3.63, 3.8) is 0 Å². The molecule has 0 bridgehead atoms. The number of para-hydroxylation sites is 1. The molecule has 6 rings (SSSR count). The first-order valence-corrected chi connectivity index (χ1v) is 13.7. The third kappa shape index (κ3) is 4.34. The number of aromatic nitrogens is 2. The largest absolute Gasteiger partial charge is 0.369 e. The fourth-order valence-corrected chi connectivity index (χ4v) is 6.86. The van der Waals surface area contributed by atoms with Crippen LogP contribution < -0.4 is 21.0 Å². The summed E-state index contributed by atoms with van der Waals surface area (Å²) in [5, 5.41) is 6.44. The summed E-state index contributed by atoms with van der Waals surface area (Å²) < 4.78 is 2.94. The zero-order valence-corrected chi connectivity index (χ0v) is 21.6. The minimum Gasteiger partial charge on any atom is -0.369 e. The summed E-state index contributed by atoms with van der Waals surface area (Å²) >= 11 is 1.44. The molecule has 1 atom stereocenters. The number of benzene rings is 1. The van der Waals surface area contributed by atoms with Crippen LogP contribution in [0.25, 0.3) is 26.1 Å². The minimum atomic E-state index is -0.345. The molecule has 2 aliphatic heterocycles. The highest BCUT2D eigenvalue weighted by Gasteiger charge is 2.29. The average Bonchev–Trinajstić information content (AvgIpc) is 3.63. The Hall–Kier alpha value is -3.50. The second-order valence-electron chi connectivity index (χ2n) is 9.88. The maximum absolute atomic E-state index is 14.1. The molecule has 0 spiro atoms. The summed E-state index contributed by atoms with van der Waals surface area (Å²) in [4.78, 5) is 49.0. The SMILES string of the molecule is CC(=O)NC1CCN(c2ccnc3c2c(=O)c(C(=O)NCCN2CCCC2)c2sc4ccccc4n23)C1. The van der Waals surface area contributed by atoms with E-state index >= 15 is 0 Å². The van der Waals surface area contributed by atoms with Gasteiger partial charge < -0.3 is 20.4 Å². The second kappa shape index (κ2) is 9.75. The lowest BCUT2D eigenvalue weighted by Gasteiger charge is -2.21. The van der Waals surface area contributed by atoms with E-state index in [-0.39, 0.29) is 28.8 Å². The molecule has 0 saturated carbocycles. The molecule has 0 radical (unpaired) electrons. The molecular weight excluding hydrogens is 488 g/mol. The van der Waals surface area contributed by atoms with Gasteiger partial charge in [-0.25, -0.2) is 4.98 Å². The normalized spacial score (nSPS) is 18.3. The van der Waals surface area contributed by atoms with Crippen LogP contribution in [0.5, 0.6) is 0 Å². The van der Waals surface area contributed by atoms with E-state index in [1.54, 1.807) is 6.20 Å². The Morgan fingerprint density at radius 1 is 1.14 bits per heavy atom. The second-order valence-corrected chi connectivity index (χ2v) is 10.9. The van der Waals surface area contributed by atoms with Crippen LogP contribution in [0, 0.1) is 0 Å².